The molecule has 0 unspecified atom stereocenters. The van der Waals surface area contributed by atoms with Crippen molar-refractivity contribution in [3.8, 4) is 0 Å². The van der Waals surface area contributed by atoms with Gasteiger partial charge in [0.1, 0.15) is 5.84 Å². The number of nitrogens with two attached hydrogens (primary N) is 1. The van der Waals surface area contributed by atoms with E-state index in [0.29, 0.717) is 25.1 Å². The Kier molecular flexibility index (Phi) is 6.80. The minimum absolute atomic E-state index is 0.0334. The van der Waals surface area contributed by atoms with Gasteiger partial charge in [-0.05, 0) is 25.1 Å². The number of nitrogens with one attached hydrogen (secondary N) is 1. The third-order valence-electron chi connectivity index (χ3n) is 3.28. The van der Waals surface area contributed by atoms with Crippen molar-refractivity contribution >= 4 is 15.7 Å². The van der Waals surface area contributed by atoms with Gasteiger partial charge in [0.05, 0.1) is 10.6 Å². The normalized spacial score (nSPS) is 11.8. The molecule has 1 aromatic carbocycles. The van der Waals surface area contributed by atoms with E-state index in [1.807, 2.05) is 11.8 Å². The number of nitrogens with zero attached hydrogens (tertiary/aromatic N) is 1. The number of rotatable bonds is 9. The summed E-state index contributed by atoms with van der Waals surface area (Å²) in [4.78, 5) is 2.24. The lowest BCUT2D eigenvalue weighted by Crippen LogP contribution is -2.30. The Morgan fingerprint density at radius 2 is 1.90 bits per heavy atom. The molecule has 1 rings (SSSR count). The highest BCUT2D eigenvalue weighted by molar-refractivity contribution is 7.91. The first-order valence-corrected chi connectivity index (χ1v) is 8.56. The molecule has 0 aliphatic rings. The molecule has 118 valence electrons. The molecule has 0 heterocycles. The van der Waals surface area contributed by atoms with Crippen molar-refractivity contribution in [1.29, 1.82) is 5.41 Å². The third kappa shape index (κ3) is 5.45. The monoisotopic (exact) mass is 313 g/mol. The summed E-state index contributed by atoms with van der Waals surface area (Å²) >= 11 is 0. The molecular formula is C14H23N3O3S. The number of amidine groups is 1. The van der Waals surface area contributed by atoms with Crippen molar-refractivity contribution in [3.05, 3.63) is 29.8 Å². The summed E-state index contributed by atoms with van der Waals surface area (Å²) in [7, 11) is -3.35. The van der Waals surface area contributed by atoms with E-state index < -0.39 is 9.84 Å². The Balaban J connectivity index is 2.70. The summed E-state index contributed by atoms with van der Waals surface area (Å²) in [6.45, 7) is 3.94. The fourth-order valence-corrected chi connectivity index (χ4v) is 3.22. The molecule has 7 heteroatoms. The van der Waals surface area contributed by atoms with Crippen LogP contribution in [0.4, 0.5) is 0 Å². The molecule has 0 fully saturated rings. The summed E-state index contributed by atoms with van der Waals surface area (Å²) in [5, 5.41) is 16.1. The zero-order valence-electron chi connectivity index (χ0n) is 12.2. The molecular weight excluding hydrogens is 290 g/mol. The van der Waals surface area contributed by atoms with E-state index in [4.69, 9.17) is 16.2 Å². The minimum atomic E-state index is -3.35. The number of aliphatic hydroxyl groups is 1. The number of aliphatic hydroxyl groups excluding tert-OH is 1. The maximum atomic E-state index is 12.2. The number of nitrogen functional groups attached to an aromatic ring is 1. The highest BCUT2D eigenvalue weighted by Gasteiger charge is 2.16. The van der Waals surface area contributed by atoms with Crippen molar-refractivity contribution in [1.82, 2.24) is 4.90 Å². The molecule has 0 aliphatic carbocycles. The lowest BCUT2D eigenvalue weighted by molar-refractivity contribution is 0.237. The maximum absolute atomic E-state index is 12.2. The Hall–Kier alpha value is -1.44. The first-order valence-electron chi connectivity index (χ1n) is 6.91. The van der Waals surface area contributed by atoms with Gasteiger partial charge in [0.2, 0.25) is 0 Å². The molecule has 6 nitrogen and oxygen atoms in total. The second-order valence-electron chi connectivity index (χ2n) is 4.77. The van der Waals surface area contributed by atoms with Crippen molar-refractivity contribution in [2.45, 2.75) is 18.2 Å². The summed E-state index contributed by atoms with van der Waals surface area (Å²) < 4.78 is 24.5. The Morgan fingerprint density at radius 3 is 2.38 bits per heavy atom. The molecule has 0 amide bonds. The van der Waals surface area contributed by atoms with Gasteiger partial charge in [-0.2, -0.15) is 0 Å². The molecule has 0 radical (unpaired) electrons. The van der Waals surface area contributed by atoms with E-state index in [1.54, 1.807) is 12.1 Å². The van der Waals surface area contributed by atoms with Crippen LogP contribution in [0.2, 0.25) is 0 Å². The number of benzene rings is 1. The number of hydrogen-bond acceptors (Lipinski definition) is 5. The summed E-state index contributed by atoms with van der Waals surface area (Å²) in [5.41, 5.74) is 5.85. The second-order valence-corrected chi connectivity index (χ2v) is 6.88. The van der Waals surface area contributed by atoms with Crippen molar-refractivity contribution < 1.29 is 13.5 Å². The molecule has 0 aromatic heterocycles. The SMILES string of the molecule is CCN(CCCO)CCS(=O)(=O)c1ccc(C(=N)N)cc1. The molecule has 1 aromatic rings. The molecule has 0 atom stereocenters. The lowest BCUT2D eigenvalue weighted by atomic mass is 10.2. The highest BCUT2D eigenvalue weighted by atomic mass is 32.2. The molecule has 0 saturated heterocycles. The van der Waals surface area contributed by atoms with E-state index in [9.17, 15) is 8.42 Å². The van der Waals surface area contributed by atoms with E-state index in [-0.39, 0.29) is 23.1 Å². The molecule has 21 heavy (non-hydrogen) atoms. The van der Waals surface area contributed by atoms with Crippen LogP contribution in [0.25, 0.3) is 0 Å². The van der Waals surface area contributed by atoms with Gasteiger partial charge in [0.25, 0.3) is 0 Å². The molecule has 0 bridgehead atoms. The van der Waals surface area contributed by atoms with E-state index in [2.05, 4.69) is 0 Å². The minimum Gasteiger partial charge on any atom is -0.396 e. The zero-order chi connectivity index (χ0) is 15.9. The molecule has 4 N–H and O–H groups in total. The highest BCUT2D eigenvalue weighted by Crippen LogP contribution is 2.12. The van der Waals surface area contributed by atoms with Crippen LogP contribution in [0.1, 0.15) is 18.9 Å². The molecule has 0 aliphatic heterocycles. The van der Waals surface area contributed by atoms with Crippen molar-refractivity contribution in [2.75, 3.05) is 32.0 Å². The van der Waals surface area contributed by atoms with Gasteiger partial charge >= 0.3 is 0 Å². The van der Waals surface area contributed by atoms with Gasteiger partial charge < -0.3 is 15.7 Å². The van der Waals surface area contributed by atoms with E-state index in [1.165, 1.54) is 12.1 Å². The fraction of sp³-hybridized carbons (Fsp3) is 0.500. The Bertz CT molecular complexity index is 555. The van der Waals surface area contributed by atoms with Crippen LogP contribution < -0.4 is 5.73 Å². The topological polar surface area (TPSA) is 107 Å². The number of sulfone groups is 1. The quantitative estimate of drug-likeness (QED) is 0.453. The predicted octanol–water partition coefficient (Wildman–Crippen LogP) is 0.449. The average Bonchev–Trinajstić information content (AvgIpc) is 2.47. The maximum Gasteiger partial charge on any atom is 0.179 e. The van der Waals surface area contributed by atoms with E-state index in [0.717, 1.165) is 6.54 Å². The van der Waals surface area contributed by atoms with Crippen LogP contribution >= 0.6 is 0 Å². The smallest absolute Gasteiger partial charge is 0.179 e. The average molecular weight is 313 g/mol. The molecule has 0 spiro atoms. The number of hydrogen-bond donors (Lipinski definition) is 3. The van der Waals surface area contributed by atoms with Gasteiger partial charge in [-0.25, -0.2) is 8.42 Å². The van der Waals surface area contributed by atoms with Gasteiger partial charge in [-0.1, -0.05) is 19.1 Å². The lowest BCUT2D eigenvalue weighted by Gasteiger charge is -2.19. The van der Waals surface area contributed by atoms with Crippen LogP contribution in [0.3, 0.4) is 0 Å². The van der Waals surface area contributed by atoms with Crippen molar-refractivity contribution in [2.24, 2.45) is 5.73 Å². The largest absolute Gasteiger partial charge is 0.396 e. The fourth-order valence-electron chi connectivity index (χ4n) is 1.93. The summed E-state index contributed by atoms with van der Waals surface area (Å²) in [5.74, 6) is -0.0498. The Morgan fingerprint density at radius 1 is 1.29 bits per heavy atom. The van der Waals surface area contributed by atoms with Gasteiger partial charge in [-0.15, -0.1) is 0 Å². The Labute approximate surface area is 126 Å². The van der Waals surface area contributed by atoms with Crippen LogP contribution in [0.5, 0.6) is 0 Å². The predicted molar refractivity (Wildman–Crippen MR) is 83.3 cm³/mol. The third-order valence-corrected chi connectivity index (χ3v) is 4.99. The van der Waals surface area contributed by atoms with Crippen LogP contribution in [-0.2, 0) is 9.84 Å². The van der Waals surface area contributed by atoms with E-state index >= 15 is 0 Å². The summed E-state index contributed by atoms with van der Waals surface area (Å²) in [6, 6.07) is 6.04. The standard InChI is InChI=1S/C14H23N3O3S/c1-2-17(8-3-10-18)9-11-21(19,20)13-6-4-12(5-7-13)14(15)16/h4-7,18H,2-3,8-11H2,1H3,(H3,15,16). The first-order chi connectivity index (χ1) is 9.90. The second kappa shape index (κ2) is 8.11. The van der Waals surface area contributed by atoms with Gasteiger partial charge in [-0.3, -0.25) is 5.41 Å². The van der Waals surface area contributed by atoms with Gasteiger partial charge in [0, 0.05) is 25.3 Å². The van der Waals surface area contributed by atoms with Crippen LogP contribution in [0.15, 0.2) is 29.2 Å². The summed E-state index contributed by atoms with van der Waals surface area (Å²) in [6.07, 6.45) is 0.640. The first kappa shape index (κ1) is 17.6. The zero-order valence-corrected chi connectivity index (χ0v) is 13.1. The van der Waals surface area contributed by atoms with Crippen molar-refractivity contribution in [3.63, 3.8) is 0 Å². The van der Waals surface area contributed by atoms with Crippen LogP contribution in [-0.4, -0.2) is 56.3 Å². The molecule has 0 saturated carbocycles. The van der Waals surface area contributed by atoms with Crippen LogP contribution in [0, 0.1) is 5.41 Å². The van der Waals surface area contributed by atoms with Gasteiger partial charge in [0.15, 0.2) is 9.84 Å².